The molecule has 94 valence electrons. The predicted molar refractivity (Wildman–Crippen MR) is 77.7 cm³/mol. The maximum absolute atomic E-state index is 12.4. The number of benzene rings is 2. The van der Waals surface area contributed by atoms with E-state index in [1.807, 2.05) is 12.1 Å². The van der Waals surface area contributed by atoms with Crippen molar-refractivity contribution in [1.29, 1.82) is 0 Å². The van der Waals surface area contributed by atoms with Crippen LogP contribution in [0.3, 0.4) is 0 Å². The van der Waals surface area contributed by atoms with E-state index >= 15 is 0 Å². The van der Waals surface area contributed by atoms with Gasteiger partial charge in [-0.05, 0) is 45.3 Å². The van der Waals surface area contributed by atoms with Gasteiger partial charge in [-0.15, -0.1) is 0 Å². The largest absolute Gasteiger partial charge is 0.478 e. The van der Waals surface area contributed by atoms with E-state index in [1.54, 1.807) is 18.2 Å². The summed E-state index contributed by atoms with van der Waals surface area (Å²) in [6.07, 6.45) is 0. The molecule has 3 nitrogen and oxygen atoms in total. The van der Waals surface area contributed by atoms with Gasteiger partial charge in [0, 0.05) is 20.1 Å². The van der Waals surface area contributed by atoms with Crippen molar-refractivity contribution in [2.75, 3.05) is 0 Å². The minimum atomic E-state index is -1.11. The monoisotopic (exact) mass is 380 g/mol. The van der Waals surface area contributed by atoms with Crippen LogP contribution in [0, 0.1) is 0 Å². The number of ketones is 1. The molecule has 0 atom stereocenters. The topological polar surface area (TPSA) is 54.4 Å². The normalized spacial score (nSPS) is 12.2. The Balaban J connectivity index is 2.39. The number of rotatable bonds is 1. The van der Waals surface area contributed by atoms with Gasteiger partial charge in [0.15, 0.2) is 5.78 Å². The molecular weight excluding hydrogens is 376 g/mol. The fraction of sp³-hybridized carbons (Fsp3) is 0. The van der Waals surface area contributed by atoms with Crippen molar-refractivity contribution < 1.29 is 14.7 Å². The molecule has 0 unspecified atom stereocenters. The number of halogens is 2. The van der Waals surface area contributed by atoms with Gasteiger partial charge in [-0.3, -0.25) is 4.79 Å². The van der Waals surface area contributed by atoms with E-state index < -0.39 is 5.97 Å². The molecule has 1 N–H and O–H groups in total. The summed E-state index contributed by atoms with van der Waals surface area (Å²) < 4.78 is 1.21. The van der Waals surface area contributed by atoms with Crippen molar-refractivity contribution in [3.63, 3.8) is 0 Å². The number of carbonyl (C=O) groups excluding carboxylic acids is 1. The fourth-order valence-electron chi connectivity index (χ4n) is 2.32. The van der Waals surface area contributed by atoms with Gasteiger partial charge in [0.1, 0.15) is 0 Å². The van der Waals surface area contributed by atoms with Crippen molar-refractivity contribution in [1.82, 2.24) is 0 Å². The van der Waals surface area contributed by atoms with E-state index in [0.29, 0.717) is 15.6 Å². The van der Waals surface area contributed by atoms with E-state index in [1.165, 1.54) is 0 Å². The zero-order valence-electron chi connectivity index (χ0n) is 9.41. The molecule has 0 amide bonds. The van der Waals surface area contributed by atoms with Gasteiger partial charge in [0.05, 0.1) is 5.56 Å². The predicted octanol–water partition coefficient (Wildman–Crippen LogP) is 4.12. The van der Waals surface area contributed by atoms with E-state index in [4.69, 9.17) is 0 Å². The molecule has 19 heavy (non-hydrogen) atoms. The highest BCUT2D eigenvalue weighted by Gasteiger charge is 2.32. The van der Waals surface area contributed by atoms with Crippen LogP contribution in [0.25, 0.3) is 11.1 Å². The van der Waals surface area contributed by atoms with Gasteiger partial charge in [-0.25, -0.2) is 4.79 Å². The summed E-state index contributed by atoms with van der Waals surface area (Å²) in [5.74, 6) is -1.35. The zero-order valence-corrected chi connectivity index (χ0v) is 12.6. The molecule has 1 aliphatic rings. The molecule has 1 aliphatic carbocycles. The molecule has 0 saturated heterocycles. The molecular formula is C14H6Br2O3. The molecule has 0 aromatic heterocycles. The van der Waals surface area contributed by atoms with E-state index in [2.05, 4.69) is 31.9 Å². The van der Waals surface area contributed by atoms with Crippen LogP contribution in [0.1, 0.15) is 26.3 Å². The van der Waals surface area contributed by atoms with E-state index in [9.17, 15) is 14.7 Å². The highest BCUT2D eigenvalue weighted by Crippen LogP contribution is 2.41. The molecule has 0 aliphatic heterocycles. The SMILES string of the molecule is O=C(O)c1c(Br)ccc2c1C(=O)c1cc(Br)ccc1-2. The Labute approximate surface area is 125 Å². The first kappa shape index (κ1) is 12.6. The molecule has 0 fully saturated rings. The van der Waals surface area contributed by atoms with Crippen LogP contribution in [0.2, 0.25) is 0 Å². The Kier molecular flexibility index (Phi) is 2.83. The third kappa shape index (κ3) is 1.76. The quantitative estimate of drug-likeness (QED) is 0.689. The third-order valence-corrected chi connectivity index (χ3v) is 4.27. The lowest BCUT2D eigenvalue weighted by atomic mass is 10.0. The van der Waals surface area contributed by atoms with Crippen molar-refractivity contribution in [2.45, 2.75) is 0 Å². The summed E-state index contributed by atoms with van der Waals surface area (Å²) in [6, 6.07) is 8.81. The maximum Gasteiger partial charge on any atom is 0.337 e. The number of carbonyl (C=O) groups is 2. The molecule has 0 heterocycles. The summed E-state index contributed by atoms with van der Waals surface area (Å²) >= 11 is 6.52. The van der Waals surface area contributed by atoms with Gasteiger partial charge < -0.3 is 5.11 Å². The minimum Gasteiger partial charge on any atom is -0.478 e. The maximum atomic E-state index is 12.4. The molecule has 0 bridgehead atoms. The van der Waals surface area contributed by atoms with E-state index in [0.717, 1.165) is 10.0 Å². The smallest absolute Gasteiger partial charge is 0.337 e. The third-order valence-electron chi connectivity index (χ3n) is 3.11. The van der Waals surface area contributed by atoms with Crippen molar-refractivity contribution in [2.24, 2.45) is 0 Å². The second-order valence-corrected chi connectivity index (χ2v) is 5.94. The standard InChI is InChI=1S/C14H6Br2O3/c15-6-1-2-7-8-3-4-10(16)12(14(18)19)11(8)13(17)9(7)5-6/h1-5H,(H,18,19). The van der Waals surface area contributed by atoms with Gasteiger partial charge in [-0.2, -0.15) is 0 Å². The van der Waals surface area contributed by atoms with Crippen LogP contribution in [0.15, 0.2) is 39.3 Å². The fourth-order valence-corrected chi connectivity index (χ4v) is 3.18. The van der Waals surface area contributed by atoms with Crippen molar-refractivity contribution >= 4 is 43.6 Å². The number of carboxylic acids is 1. The average molecular weight is 382 g/mol. The first-order valence-corrected chi connectivity index (χ1v) is 6.99. The number of aromatic carboxylic acids is 1. The highest BCUT2D eigenvalue weighted by atomic mass is 79.9. The minimum absolute atomic E-state index is 0.0230. The van der Waals surface area contributed by atoms with Crippen LogP contribution >= 0.6 is 31.9 Å². The van der Waals surface area contributed by atoms with Crippen molar-refractivity contribution in [3.8, 4) is 11.1 Å². The van der Waals surface area contributed by atoms with E-state index in [-0.39, 0.29) is 16.9 Å². The molecule has 5 heteroatoms. The number of carboxylic acid groups (broad SMARTS) is 1. The first-order valence-electron chi connectivity index (χ1n) is 5.41. The Hall–Kier alpha value is -1.46. The summed E-state index contributed by atoms with van der Waals surface area (Å²) in [4.78, 5) is 23.8. The molecule has 2 aromatic carbocycles. The van der Waals surface area contributed by atoms with Crippen LogP contribution < -0.4 is 0 Å². The lowest BCUT2D eigenvalue weighted by Gasteiger charge is -2.05. The van der Waals surface area contributed by atoms with Gasteiger partial charge >= 0.3 is 5.97 Å². The molecule has 0 radical (unpaired) electrons. The van der Waals surface area contributed by atoms with Crippen LogP contribution in [0.4, 0.5) is 0 Å². The van der Waals surface area contributed by atoms with Gasteiger partial charge in [-0.1, -0.05) is 28.1 Å². The molecule has 2 aromatic rings. The molecule has 0 saturated carbocycles. The van der Waals surface area contributed by atoms with Crippen LogP contribution in [0.5, 0.6) is 0 Å². The van der Waals surface area contributed by atoms with Crippen molar-refractivity contribution in [3.05, 3.63) is 56.0 Å². The summed E-state index contributed by atoms with van der Waals surface area (Å²) in [5.41, 5.74) is 2.26. The first-order chi connectivity index (χ1) is 9.00. The zero-order chi connectivity index (χ0) is 13.7. The molecule has 0 spiro atoms. The Morgan fingerprint density at radius 2 is 1.68 bits per heavy atom. The summed E-state index contributed by atoms with van der Waals surface area (Å²) in [5, 5.41) is 9.29. The number of fused-ring (bicyclic) bond motifs is 3. The average Bonchev–Trinajstić information content (AvgIpc) is 2.62. The summed E-state index contributed by atoms with van der Waals surface area (Å²) in [6.45, 7) is 0. The van der Waals surface area contributed by atoms with Gasteiger partial charge in [0.25, 0.3) is 0 Å². The summed E-state index contributed by atoms with van der Waals surface area (Å²) in [7, 11) is 0. The van der Waals surface area contributed by atoms with Gasteiger partial charge in [0.2, 0.25) is 0 Å². The second-order valence-electron chi connectivity index (χ2n) is 4.17. The Morgan fingerprint density at radius 3 is 2.37 bits per heavy atom. The molecule has 3 rings (SSSR count). The Bertz CT molecular complexity index is 751. The van der Waals surface area contributed by atoms with Crippen LogP contribution in [-0.4, -0.2) is 16.9 Å². The second kappa shape index (κ2) is 4.28. The number of hydrogen-bond donors (Lipinski definition) is 1. The lowest BCUT2D eigenvalue weighted by molar-refractivity contribution is 0.0692. The van der Waals surface area contributed by atoms with Crippen LogP contribution in [-0.2, 0) is 0 Å². The lowest BCUT2D eigenvalue weighted by Crippen LogP contribution is -2.07. The number of hydrogen-bond acceptors (Lipinski definition) is 2. The Morgan fingerprint density at radius 1 is 1.00 bits per heavy atom. The highest BCUT2D eigenvalue weighted by molar-refractivity contribution is 9.10.